The maximum Gasteiger partial charge on any atom is 0.327 e. The maximum absolute atomic E-state index is 12.0. The highest BCUT2D eigenvalue weighted by atomic mass is 32.2. The first-order valence-electron chi connectivity index (χ1n) is 9.58. The molecule has 2 amide bonds. The number of thioether (sulfide) groups is 2. The second-order valence-electron chi connectivity index (χ2n) is 6.56. The lowest BCUT2D eigenvalue weighted by molar-refractivity contribution is -0.140. The molecule has 31 heavy (non-hydrogen) atoms. The summed E-state index contributed by atoms with van der Waals surface area (Å²) in [6.07, 6.45) is 3.39. The summed E-state index contributed by atoms with van der Waals surface area (Å²) < 4.78 is 5.08. The van der Waals surface area contributed by atoms with Gasteiger partial charge in [0.15, 0.2) is 5.12 Å². The van der Waals surface area contributed by atoms with E-state index in [2.05, 4.69) is 10.6 Å². The fourth-order valence-electron chi connectivity index (χ4n) is 2.32. The summed E-state index contributed by atoms with van der Waals surface area (Å²) in [5, 5.41) is 14.1. The van der Waals surface area contributed by atoms with Gasteiger partial charge in [-0.3, -0.25) is 14.4 Å². The summed E-state index contributed by atoms with van der Waals surface area (Å²) in [6, 6.07) is 6.31. The van der Waals surface area contributed by atoms with Crippen LogP contribution in [0.2, 0.25) is 0 Å². The topological polar surface area (TPSA) is 122 Å². The molecule has 0 aromatic heterocycles. The zero-order valence-corrected chi connectivity index (χ0v) is 19.4. The van der Waals surface area contributed by atoms with Crippen LogP contribution in [0.4, 0.5) is 0 Å². The number of ether oxygens (including phenoxy) is 1. The van der Waals surface area contributed by atoms with Crippen molar-refractivity contribution in [2.75, 3.05) is 25.2 Å². The van der Waals surface area contributed by atoms with Gasteiger partial charge in [-0.1, -0.05) is 30.8 Å². The third kappa shape index (κ3) is 12.1. The predicted octanol–water partition coefficient (Wildman–Crippen LogP) is 2.19. The first kappa shape index (κ1) is 26.6. The standard InChI is InChI=1S/C21H28N2O6S2/c1-14(31-13-18(21(27)28)23-15(2)24)12-20(26)30-11-10-22-19(25)9-6-16-4-7-17(29-3)8-5-16/h4-9,14,18H,10-13H2,1-3H3,(H,22,25)(H,23,24)(H,27,28)/b9-6+/t14?,18-/m1/s1. The van der Waals surface area contributed by atoms with E-state index in [1.807, 2.05) is 19.1 Å². The number of carbonyl (C=O) groups is 4. The zero-order valence-electron chi connectivity index (χ0n) is 17.8. The average molecular weight is 469 g/mol. The highest BCUT2D eigenvalue weighted by molar-refractivity contribution is 8.13. The van der Waals surface area contributed by atoms with Crippen molar-refractivity contribution in [1.29, 1.82) is 0 Å². The molecule has 2 atom stereocenters. The van der Waals surface area contributed by atoms with Crippen molar-refractivity contribution >= 4 is 52.5 Å². The summed E-state index contributed by atoms with van der Waals surface area (Å²) in [7, 11) is 1.59. The summed E-state index contributed by atoms with van der Waals surface area (Å²) in [5.41, 5.74) is 0.871. The molecule has 0 radical (unpaired) electrons. The molecule has 170 valence electrons. The number of carboxylic acid groups (broad SMARTS) is 1. The van der Waals surface area contributed by atoms with E-state index in [4.69, 9.17) is 9.84 Å². The molecule has 0 spiro atoms. The number of methoxy groups -OCH3 is 1. The Morgan fingerprint density at radius 3 is 2.45 bits per heavy atom. The van der Waals surface area contributed by atoms with Gasteiger partial charge in [0, 0.05) is 42.7 Å². The molecular formula is C21H28N2O6S2. The Labute approximate surface area is 190 Å². The third-order valence-corrected chi connectivity index (χ3v) is 6.04. The van der Waals surface area contributed by atoms with Crippen molar-refractivity contribution in [2.24, 2.45) is 0 Å². The minimum Gasteiger partial charge on any atom is -0.497 e. The highest BCUT2D eigenvalue weighted by Gasteiger charge is 2.20. The van der Waals surface area contributed by atoms with Crippen molar-refractivity contribution in [3.63, 3.8) is 0 Å². The van der Waals surface area contributed by atoms with Gasteiger partial charge >= 0.3 is 5.97 Å². The van der Waals surface area contributed by atoms with Crippen LogP contribution in [0, 0.1) is 0 Å². The van der Waals surface area contributed by atoms with E-state index >= 15 is 0 Å². The van der Waals surface area contributed by atoms with E-state index in [9.17, 15) is 19.2 Å². The van der Waals surface area contributed by atoms with Crippen LogP contribution in [0.3, 0.4) is 0 Å². The van der Waals surface area contributed by atoms with Crippen LogP contribution in [-0.2, 0) is 19.2 Å². The molecule has 0 aliphatic carbocycles. The first-order valence-corrected chi connectivity index (χ1v) is 11.6. The van der Waals surface area contributed by atoms with Crippen molar-refractivity contribution in [3.8, 4) is 5.75 Å². The summed E-state index contributed by atoms with van der Waals surface area (Å²) in [6.45, 7) is 3.45. The number of aliphatic carboxylic acids is 1. The molecule has 8 nitrogen and oxygen atoms in total. The minimum atomic E-state index is -1.10. The highest BCUT2D eigenvalue weighted by Crippen LogP contribution is 2.19. The molecule has 10 heteroatoms. The molecule has 0 aliphatic rings. The monoisotopic (exact) mass is 468 g/mol. The Kier molecular flexibility index (Phi) is 12.5. The molecular weight excluding hydrogens is 440 g/mol. The molecule has 3 N–H and O–H groups in total. The van der Waals surface area contributed by atoms with Gasteiger partial charge in [0.05, 0.1) is 7.11 Å². The minimum absolute atomic E-state index is 0.0329. The summed E-state index contributed by atoms with van der Waals surface area (Å²) >= 11 is 2.44. The van der Waals surface area contributed by atoms with Crippen LogP contribution in [0.15, 0.2) is 30.3 Å². The quantitative estimate of drug-likeness (QED) is 0.297. The van der Waals surface area contributed by atoms with Gasteiger partial charge in [-0.25, -0.2) is 4.79 Å². The fraction of sp³-hybridized carbons (Fsp3) is 0.429. The smallest absolute Gasteiger partial charge is 0.327 e. The van der Waals surface area contributed by atoms with Crippen LogP contribution in [0.5, 0.6) is 5.75 Å². The molecule has 0 saturated heterocycles. The van der Waals surface area contributed by atoms with Crippen molar-refractivity contribution < 1.29 is 29.0 Å². The molecule has 1 unspecified atom stereocenters. The van der Waals surface area contributed by atoms with Gasteiger partial charge in [0.1, 0.15) is 11.8 Å². The number of hydrogen-bond acceptors (Lipinski definition) is 7. The molecule has 0 heterocycles. The van der Waals surface area contributed by atoms with E-state index < -0.39 is 17.9 Å². The molecule has 0 bridgehead atoms. The van der Waals surface area contributed by atoms with Crippen LogP contribution < -0.4 is 15.4 Å². The van der Waals surface area contributed by atoms with Crippen molar-refractivity contribution in [1.82, 2.24) is 10.6 Å². The number of rotatable bonds is 13. The van der Waals surface area contributed by atoms with Gasteiger partial charge in [-0.15, -0.1) is 0 Å². The molecule has 1 aromatic carbocycles. The fourth-order valence-corrected chi connectivity index (χ4v) is 4.24. The largest absolute Gasteiger partial charge is 0.497 e. The predicted molar refractivity (Wildman–Crippen MR) is 124 cm³/mol. The lowest BCUT2D eigenvalue weighted by Crippen LogP contribution is -2.41. The molecule has 1 rings (SSSR count). The maximum atomic E-state index is 12.0. The number of carbonyl (C=O) groups excluding carboxylic acids is 3. The zero-order chi connectivity index (χ0) is 23.2. The second kappa shape index (κ2) is 14.5. The van der Waals surface area contributed by atoms with Crippen LogP contribution in [0.1, 0.15) is 25.8 Å². The van der Waals surface area contributed by atoms with Crippen LogP contribution >= 0.6 is 23.5 Å². The van der Waals surface area contributed by atoms with Gasteiger partial charge in [-0.2, -0.15) is 11.8 Å². The lowest BCUT2D eigenvalue weighted by atomic mass is 10.2. The second-order valence-corrected chi connectivity index (χ2v) is 9.18. The lowest BCUT2D eigenvalue weighted by Gasteiger charge is -2.16. The Balaban J connectivity index is 2.23. The van der Waals surface area contributed by atoms with Gasteiger partial charge < -0.3 is 20.5 Å². The molecule has 0 saturated carbocycles. The number of benzene rings is 1. The van der Waals surface area contributed by atoms with Gasteiger partial charge in [-0.05, 0) is 23.8 Å². The normalized spacial score (nSPS) is 12.7. The SMILES string of the molecule is COc1ccc(/C=C/C(=O)NCCSC(=O)CC(C)SC[C@@H](NC(C)=O)C(=O)O)cc1. The first-order chi connectivity index (χ1) is 14.7. The Morgan fingerprint density at radius 1 is 1.19 bits per heavy atom. The van der Waals surface area contributed by atoms with Crippen molar-refractivity contribution in [3.05, 3.63) is 35.9 Å². The molecule has 0 fully saturated rings. The Morgan fingerprint density at radius 2 is 1.87 bits per heavy atom. The number of nitrogens with one attached hydrogen (secondary N) is 2. The number of carboxylic acids is 1. The third-order valence-electron chi connectivity index (χ3n) is 3.88. The molecule has 0 aliphatic heterocycles. The average Bonchev–Trinajstić information content (AvgIpc) is 2.72. The van der Waals surface area contributed by atoms with Crippen LogP contribution in [0.25, 0.3) is 6.08 Å². The van der Waals surface area contributed by atoms with E-state index in [1.54, 1.807) is 25.3 Å². The van der Waals surface area contributed by atoms with Gasteiger partial charge in [0.25, 0.3) is 0 Å². The summed E-state index contributed by atoms with van der Waals surface area (Å²) in [4.78, 5) is 46.0. The van der Waals surface area contributed by atoms with E-state index in [0.29, 0.717) is 12.3 Å². The Hall–Kier alpha value is -2.46. The van der Waals surface area contributed by atoms with E-state index in [-0.39, 0.29) is 28.4 Å². The Bertz CT molecular complexity index is 783. The van der Waals surface area contributed by atoms with Crippen molar-refractivity contribution in [2.45, 2.75) is 31.6 Å². The number of amides is 2. The van der Waals surface area contributed by atoms with E-state index in [1.165, 1.54) is 24.8 Å². The van der Waals surface area contributed by atoms with Crippen LogP contribution in [-0.4, -0.2) is 64.5 Å². The molecule has 1 aromatic rings. The van der Waals surface area contributed by atoms with Gasteiger partial charge in [0.2, 0.25) is 11.8 Å². The summed E-state index contributed by atoms with van der Waals surface area (Å²) in [5.74, 6) is -0.386. The van der Waals surface area contributed by atoms with E-state index in [0.717, 1.165) is 23.1 Å². The number of hydrogen-bond donors (Lipinski definition) is 3.